The minimum absolute atomic E-state index is 0.0313. The highest BCUT2D eigenvalue weighted by atomic mass is 35.5. The van der Waals surface area contributed by atoms with E-state index < -0.39 is 23.9 Å². The fraction of sp³-hybridized carbons (Fsp3) is 0.185. The summed E-state index contributed by atoms with van der Waals surface area (Å²) in [4.78, 5) is 34.0. The second-order valence-electron chi connectivity index (χ2n) is 10.0. The number of aliphatic hydroxyl groups is 1. The van der Waals surface area contributed by atoms with E-state index in [1.165, 1.54) is 41.6 Å². The van der Waals surface area contributed by atoms with Gasteiger partial charge in [0.05, 0.1) is 28.9 Å². The molecule has 0 spiro atoms. The Morgan fingerprint density at radius 3 is 2.60 bits per heavy atom. The van der Waals surface area contributed by atoms with Gasteiger partial charge >= 0.3 is 0 Å². The average molecular weight is 563 g/mol. The molecule has 11 nitrogen and oxygen atoms in total. The van der Waals surface area contributed by atoms with Crippen LogP contribution in [0.3, 0.4) is 0 Å². The number of halogens is 2. The van der Waals surface area contributed by atoms with Gasteiger partial charge in [-0.2, -0.15) is 9.78 Å². The Kier molecular flexibility index (Phi) is 6.82. The lowest BCUT2D eigenvalue weighted by Gasteiger charge is -2.20. The zero-order valence-corrected chi connectivity index (χ0v) is 22.4. The van der Waals surface area contributed by atoms with Crippen LogP contribution >= 0.6 is 11.6 Å². The van der Waals surface area contributed by atoms with Crippen LogP contribution in [0.5, 0.6) is 0 Å². The fourth-order valence-electron chi connectivity index (χ4n) is 4.18. The number of nitrogens with zero attached hydrogens (tertiary/aromatic N) is 6. The Morgan fingerprint density at radius 1 is 1.18 bits per heavy atom. The molecule has 1 amide bonds. The Balaban J connectivity index is 1.63. The number of carbonyl (C=O) groups excluding carboxylic acids is 1. The number of primary amides is 1. The highest BCUT2D eigenvalue weighted by Crippen LogP contribution is 2.28. The topological polar surface area (TPSA) is 154 Å². The van der Waals surface area contributed by atoms with E-state index in [-0.39, 0.29) is 39.3 Å². The third kappa shape index (κ3) is 4.90. The normalized spacial score (nSPS) is 11.7. The van der Waals surface area contributed by atoms with Gasteiger partial charge in [-0.15, -0.1) is 5.10 Å². The van der Waals surface area contributed by atoms with Crippen molar-refractivity contribution in [3.05, 3.63) is 93.0 Å². The number of fused-ring (bicyclic) bond motifs is 1. The zero-order chi connectivity index (χ0) is 28.8. The molecule has 13 heteroatoms. The van der Waals surface area contributed by atoms with E-state index in [1.54, 1.807) is 18.2 Å². The second-order valence-corrected chi connectivity index (χ2v) is 10.4. The van der Waals surface area contributed by atoms with E-state index in [4.69, 9.17) is 17.3 Å². The number of pyridine rings is 2. The van der Waals surface area contributed by atoms with E-state index in [1.807, 2.05) is 20.8 Å². The molecule has 4 heterocycles. The first-order chi connectivity index (χ1) is 19.0. The highest BCUT2D eigenvalue weighted by molar-refractivity contribution is 6.30. The standard InChI is InChI=1S/C27H24ClFN8O3/c1-27(2,3)15-8-14-10-33-37(26(40)22(14)19(29)9-15)25-18(13-38)20(6-7-31-25)36-12-17(23(30)39)24(35-36)34-21-5-4-16(28)11-32-21/h4-12,38H,13H2,1-3H3,(H2,30,39)(H,32,34,35). The second kappa shape index (κ2) is 10.1. The third-order valence-corrected chi connectivity index (χ3v) is 6.50. The maximum Gasteiger partial charge on any atom is 0.283 e. The first kappa shape index (κ1) is 26.9. The van der Waals surface area contributed by atoms with Crippen LogP contribution in [-0.4, -0.2) is 40.5 Å². The minimum Gasteiger partial charge on any atom is -0.391 e. The van der Waals surface area contributed by atoms with Crippen LogP contribution in [0.15, 0.2) is 59.9 Å². The van der Waals surface area contributed by atoms with Crippen LogP contribution in [0.1, 0.15) is 42.3 Å². The number of nitrogens with one attached hydrogen (secondary N) is 1. The van der Waals surface area contributed by atoms with Gasteiger partial charge in [0, 0.05) is 29.5 Å². The van der Waals surface area contributed by atoms with E-state index in [9.17, 15) is 14.7 Å². The molecule has 4 N–H and O–H groups in total. The molecule has 0 aliphatic rings. The van der Waals surface area contributed by atoms with Gasteiger partial charge in [-0.05, 0) is 41.3 Å². The lowest BCUT2D eigenvalue weighted by atomic mass is 9.86. The summed E-state index contributed by atoms with van der Waals surface area (Å²) >= 11 is 5.89. The monoisotopic (exact) mass is 562 g/mol. The van der Waals surface area contributed by atoms with Gasteiger partial charge in [0.2, 0.25) is 0 Å². The summed E-state index contributed by atoms with van der Waals surface area (Å²) in [5.41, 5.74) is 5.68. The number of benzene rings is 1. The van der Waals surface area contributed by atoms with Crippen molar-refractivity contribution in [1.82, 2.24) is 29.5 Å². The predicted molar refractivity (Wildman–Crippen MR) is 148 cm³/mol. The van der Waals surface area contributed by atoms with Crippen LogP contribution in [-0.2, 0) is 12.0 Å². The first-order valence-corrected chi connectivity index (χ1v) is 12.5. The van der Waals surface area contributed by atoms with Gasteiger partial charge in [0.15, 0.2) is 11.6 Å². The van der Waals surface area contributed by atoms with Crippen LogP contribution in [0.25, 0.3) is 22.3 Å². The zero-order valence-electron chi connectivity index (χ0n) is 21.7. The Labute approximate surface area is 232 Å². The van der Waals surface area contributed by atoms with Gasteiger partial charge in [-0.1, -0.05) is 32.4 Å². The molecule has 1 aromatic carbocycles. The third-order valence-electron chi connectivity index (χ3n) is 6.27. The number of hydrogen-bond donors (Lipinski definition) is 3. The van der Waals surface area contributed by atoms with Crippen molar-refractivity contribution < 1.29 is 14.3 Å². The molecule has 0 saturated heterocycles. The summed E-state index contributed by atoms with van der Waals surface area (Å²) in [6, 6.07) is 7.80. The van der Waals surface area contributed by atoms with Gasteiger partial charge in [-0.25, -0.2) is 19.0 Å². The van der Waals surface area contributed by atoms with Crippen LogP contribution < -0.4 is 16.6 Å². The van der Waals surface area contributed by atoms with Crippen molar-refractivity contribution in [3.8, 4) is 11.5 Å². The smallest absolute Gasteiger partial charge is 0.283 e. The summed E-state index contributed by atoms with van der Waals surface area (Å²) in [7, 11) is 0. The molecule has 0 bridgehead atoms. The van der Waals surface area contributed by atoms with E-state index in [0.717, 1.165) is 10.2 Å². The van der Waals surface area contributed by atoms with E-state index >= 15 is 4.39 Å². The molecule has 4 aromatic heterocycles. The number of rotatable bonds is 6. The van der Waals surface area contributed by atoms with Crippen LogP contribution in [0, 0.1) is 5.82 Å². The number of anilines is 2. The summed E-state index contributed by atoms with van der Waals surface area (Å²) in [6.45, 7) is 5.24. The van der Waals surface area contributed by atoms with Crippen molar-refractivity contribution in [2.75, 3.05) is 5.32 Å². The Morgan fingerprint density at radius 2 is 1.95 bits per heavy atom. The number of carbonyl (C=O) groups is 1. The molecule has 204 valence electrons. The Hall–Kier alpha value is -4.68. The van der Waals surface area contributed by atoms with Gasteiger partial charge < -0.3 is 16.2 Å². The van der Waals surface area contributed by atoms with Crippen molar-refractivity contribution in [2.45, 2.75) is 32.8 Å². The van der Waals surface area contributed by atoms with Gasteiger partial charge in [0.25, 0.3) is 11.5 Å². The number of nitrogens with two attached hydrogens (primary N) is 1. The summed E-state index contributed by atoms with van der Waals surface area (Å²) in [5.74, 6) is -1.02. The first-order valence-electron chi connectivity index (χ1n) is 12.1. The molecular formula is C27H24ClFN8O3. The van der Waals surface area contributed by atoms with Crippen molar-refractivity contribution in [1.29, 1.82) is 0 Å². The molecule has 0 saturated carbocycles. The number of aromatic nitrogens is 6. The number of hydrogen-bond acceptors (Lipinski definition) is 8. The molecule has 0 aliphatic heterocycles. The SMILES string of the molecule is CC(C)(C)c1cc(F)c2c(=O)n(-c3nccc(-n4cc(C(N)=O)c(Nc5ccc(Cl)cn5)n4)c3CO)ncc2c1. The predicted octanol–water partition coefficient (Wildman–Crippen LogP) is 3.79. The Bertz CT molecular complexity index is 1830. The largest absolute Gasteiger partial charge is 0.391 e. The fourth-order valence-corrected chi connectivity index (χ4v) is 4.29. The molecule has 0 fully saturated rings. The van der Waals surface area contributed by atoms with E-state index in [2.05, 4.69) is 25.5 Å². The maximum atomic E-state index is 15.2. The van der Waals surface area contributed by atoms with Gasteiger partial charge in [0.1, 0.15) is 17.2 Å². The molecule has 5 aromatic rings. The molecule has 0 unspecified atom stereocenters. The molecule has 40 heavy (non-hydrogen) atoms. The quantitative estimate of drug-likeness (QED) is 0.282. The minimum atomic E-state index is -0.764. The van der Waals surface area contributed by atoms with Crippen molar-refractivity contribution >= 4 is 39.9 Å². The number of aliphatic hydroxyl groups excluding tert-OH is 1. The summed E-state index contributed by atoms with van der Waals surface area (Å²) in [6.07, 6.45) is 5.54. The average Bonchev–Trinajstić information content (AvgIpc) is 3.33. The lowest BCUT2D eigenvalue weighted by Crippen LogP contribution is -2.25. The molecule has 0 aliphatic carbocycles. The van der Waals surface area contributed by atoms with Crippen LogP contribution in [0.4, 0.5) is 16.0 Å². The summed E-state index contributed by atoms with van der Waals surface area (Å²) in [5, 5.41) is 22.5. The number of amides is 1. The van der Waals surface area contributed by atoms with Crippen molar-refractivity contribution in [2.24, 2.45) is 5.73 Å². The summed E-state index contributed by atoms with van der Waals surface area (Å²) < 4.78 is 17.4. The molecule has 5 rings (SSSR count). The maximum absolute atomic E-state index is 15.2. The highest BCUT2D eigenvalue weighted by Gasteiger charge is 2.22. The molecule has 0 atom stereocenters. The molecular weight excluding hydrogens is 539 g/mol. The molecule has 0 radical (unpaired) electrons. The van der Waals surface area contributed by atoms with Crippen LogP contribution in [0.2, 0.25) is 5.02 Å². The van der Waals surface area contributed by atoms with E-state index in [0.29, 0.717) is 16.2 Å². The van der Waals surface area contributed by atoms with Crippen molar-refractivity contribution in [3.63, 3.8) is 0 Å². The van der Waals surface area contributed by atoms with Gasteiger partial charge in [-0.3, -0.25) is 9.59 Å². The lowest BCUT2D eigenvalue weighted by molar-refractivity contribution is 0.100.